The van der Waals surface area contributed by atoms with Gasteiger partial charge in [0.05, 0.1) is 41.7 Å². The van der Waals surface area contributed by atoms with Gasteiger partial charge in [0, 0.05) is 24.9 Å². The molecule has 0 aromatic carbocycles. The Labute approximate surface area is 161 Å². The fourth-order valence-corrected chi connectivity index (χ4v) is 3.57. The first-order valence-corrected chi connectivity index (χ1v) is 9.60. The standard InChI is InChI=1S/C22H29N3O2/c1-7-17-11-19-21(14(3)12-25(19)15(4)13-26-6)24-22(17)18-9-10-20(27-8-2)23-16(18)5/h9-12,15H,7-8,13H2,1-6H3/t15-/m0/s1. The van der Waals surface area contributed by atoms with Crippen molar-refractivity contribution >= 4 is 11.0 Å². The number of fused-ring (bicyclic) bond motifs is 1. The highest BCUT2D eigenvalue weighted by atomic mass is 16.5. The van der Waals surface area contributed by atoms with E-state index in [0.29, 0.717) is 19.1 Å². The molecule has 0 saturated heterocycles. The molecule has 0 aliphatic carbocycles. The van der Waals surface area contributed by atoms with Crippen LogP contribution in [-0.2, 0) is 11.2 Å². The van der Waals surface area contributed by atoms with Gasteiger partial charge in [-0.25, -0.2) is 9.97 Å². The fraction of sp³-hybridized carbons (Fsp3) is 0.455. The van der Waals surface area contributed by atoms with Crippen molar-refractivity contribution in [2.24, 2.45) is 0 Å². The van der Waals surface area contributed by atoms with E-state index in [9.17, 15) is 0 Å². The lowest BCUT2D eigenvalue weighted by Gasteiger charge is -2.16. The number of aryl methyl sites for hydroxylation is 3. The van der Waals surface area contributed by atoms with E-state index >= 15 is 0 Å². The monoisotopic (exact) mass is 367 g/mol. The van der Waals surface area contributed by atoms with E-state index in [1.54, 1.807) is 7.11 Å². The molecule has 0 aliphatic heterocycles. The number of rotatable bonds is 7. The Morgan fingerprint density at radius 1 is 1.15 bits per heavy atom. The van der Waals surface area contributed by atoms with Crippen LogP contribution >= 0.6 is 0 Å². The number of ether oxygens (including phenoxy) is 2. The second-order valence-electron chi connectivity index (χ2n) is 6.96. The minimum atomic E-state index is 0.262. The summed E-state index contributed by atoms with van der Waals surface area (Å²) in [7, 11) is 1.74. The SMILES string of the molecule is CCOc1ccc(-c2nc3c(C)cn([C@@H](C)COC)c3cc2CC)c(C)n1. The van der Waals surface area contributed by atoms with E-state index in [0.717, 1.165) is 34.4 Å². The number of nitrogens with zero attached hydrogens (tertiary/aromatic N) is 3. The molecule has 3 aromatic rings. The van der Waals surface area contributed by atoms with E-state index < -0.39 is 0 Å². The largest absolute Gasteiger partial charge is 0.478 e. The Kier molecular flexibility index (Phi) is 5.80. The molecular weight excluding hydrogens is 338 g/mol. The second-order valence-corrected chi connectivity index (χ2v) is 6.96. The van der Waals surface area contributed by atoms with E-state index in [1.807, 2.05) is 19.9 Å². The highest BCUT2D eigenvalue weighted by Gasteiger charge is 2.17. The lowest BCUT2D eigenvalue weighted by molar-refractivity contribution is 0.164. The molecule has 0 unspecified atom stereocenters. The number of aromatic nitrogens is 3. The normalized spacial score (nSPS) is 12.5. The van der Waals surface area contributed by atoms with E-state index in [-0.39, 0.29) is 6.04 Å². The number of pyridine rings is 2. The van der Waals surface area contributed by atoms with E-state index in [2.05, 4.69) is 48.7 Å². The van der Waals surface area contributed by atoms with Gasteiger partial charge in [0.25, 0.3) is 0 Å². The van der Waals surface area contributed by atoms with Crippen LogP contribution in [0.1, 0.15) is 43.6 Å². The van der Waals surface area contributed by atoms with Crippen LogP contribution in [0.25, 0.3) is 22.3 Å². The maximum absolute atomic E-state index is 5.53. The fourth-order valence-electron chi connectivity index (χ4n) is 3.57. The molecule has 0 spiro atoms. The second kappa shape index (κ2) is 8.09. The van der Waals surface area contributed by atoms with Gasteiger partial charge in [-0.2, -0.15) is 0 Å². The Balaban J connectivity index is 2.16. The first-order chi connectivity index (χ1) is 13.0. The molecule has 5 heteroatoms. The van der Waals surface area contributed by atoms with Gasteiger partial charge in [0.1, 0.15) is 0 Å². The summed E-state index contributed by atoms with van der Waals surface area (Å²) in [5, 5.41) is 0. The summed E-state index contributed by atoms with van der Waals surface area (Å²) < 4.78 is 13.2. The van der Waals surface area contributed by atoms with Crippen molar-refractivity contribution in [1.29, 1.82) is 0 Å². The third-order valence-electron chi connectivity index (χ3n) is 4.94. The molecule has 0 N–H and O–H groups in total. The van der Waals surface area contributed by atoms with Crippen molar-refractivity contribution in [3.63, 3.8) is 0 Å². The molecule has 3 rings (SSSR count). The van der Waals surface area contributed by atoms with Crippen molar-refractivity contribution < 1.29 is 9.47 Å². The zero-order valence-electron chi connectivity index (χ0n) is 17.2. The van der Waals surface area contributed by atoms with Gasteiger partial charge in [0.15, 0.2) is 0 Å². The van der Waals surface area contributed by atoms with Gasteiger partial charge < -0.3 is 14.0 Å². The molecule has 0 aliphatic rings. The zero-order valence-corrected chi connectivity index (χ0v) is 17.2. The summed E-state index contributed by atoms with van der Waals surface area (Å²) in [6.45, 7) is 11.7. The predicted octanol–water partition coefficient (Wildman–Crippen LogP) is 4.88. The third kappa shape index (κ3) is 3.69. The number of methoxy groups -OCH3 is 1. The molecule has 144 valence electrons. The van der Waals surface area contributed by atoms with Gasteiger partial charge in [0.2, 0.25) is 5.88 Å². The van der Waals surface area contributed by atoms with Crippen LogP contribution in [0.2, 0.25) is 0 Å². The topological polar surface area (TPSA) is 49.2 Å². The highest BCUT2D eigenvalue weighted by molar-refractivity contribution is 5.84. The van der Waals surface area contributed by atoms with Crippen molar-refractivity contribution in [1.82, 2.24) is 14.5 Å². The maximum atomic E-state index is 5.53. The predicted molar refractivity (Wildman–Crippen MR) is 110 cm³/mol. The Morgan fingerprint density at radius 2 is 1.93 bits per heavy atom. The third-order valence-corrected chi connectivity index (χ3v) is 4.94. The molecule has 5 nitrogen and oxygen atoms in total. The van der Waals surface area contributed by atoms with Crippen molar-refractivity contribution in [2.75, 3.05) is 20.3 Å². The van der Waals surface area contributed by atoms with Crippen LogP contribution in [0, 0.1) is 13.8 Å². The van der Waals surface area contributed by atoms with Crippen molar-refractivity contribution in [3.8, 4) is 17.1 Å². The van der Waals surface area contributed by atoms with Gasteiger partial charge in [-0.3, -0.25) is 0 Å². The molecule has 0 saturated carbocycles. The average Bonchev–Trinajstić information content (AvgIpc) is 2.97. The summed E-state index contributed by atoms with van der Waals surface area (Å²) in [6, 6.07) is 6.53. The molecule has 0 radical (unpaired) electrons. The Hall–Kier alpha value is -2.40. The molecule has 3 heterocycles. The molecule has 0 fully saturated rings. The molecule has 0 amide bonds. The highest BCUT2D eigenvalue weighted by Crippen LogP contribution is 2.32. The lowest BCUT2D eigenvalue weighted by atomic mass is 10.0. The quantitative estimate of drug-likeness (QED) is 0.597. The first kappa shape index (κ1) is 19.4. The van der Waals surface area contributed by atoms with Crippen LogP contribution in [0.4, 0.5) is 0 Å². The van der Waals surface area contributed by atoms with E-state index in [1.165, 1.54) is 11.1 Å². The van der Waals surface area contributed by atoms with Crippen molar-refractivity contribution in [3.05, 3.63) is 41.2 Å². The van der Waals surface area contributed by atoms with Gasteiger partial charge in [-0.15, -0.1) is 0 Å². The summed E-state index contributed by atoms with van der Waals surface area (Å²) in [4.78, 5) is 9.66. The Bertz CT molecular complexity index is 946. The van der Waals surface area contributed by atoms with Crippen LogP contribution < -0.4 is 4.74 Å². The minimum Gasteiger partial charge on any atom is -0.478 e. The molecule has 27 heavy (non-hydrogen) atoms. The molecule has 3 aromatic heterocycles. The average molecular weight is 367 g/mol. The number of hydrogen-bond donors (Lipinski definition) is 0. The Morgan fingerprint density at radius 3 is 2.56 bits per heavy atom. The minimum absolute atomic E-state index is 0.262. The lowest BCUT2D eigenvalue weighted by Crippen LogP contribution is -2.10. The molecule has 1 atom stereocenters. The zero-order chi connectivity index (χ0) is 19.6. The van der Waals surface area contributed by atoms with Crippen molar-refractivity contribution in [2.45, 2.75) is 47.1 Å². The van der Waals surface area contributed by atoms with Gasteiger partial charge in [-0.1, -0.05) is 6.92 Å². The van der Waals surface area contributed by atoms with Crippen LogP contribution in [0.15, 0.2) is 24.4 Å². The molecule has 0 bridgehead atoms. The first-order valence-electron chi connectivity index (χ1n) is 9.60. The summed E-state index contributed by atoms with van der Waals surface area (Å²) in [5.74, 6) is 0.661. The summed E-state index contributed by atoms with van der Waals surface area (Å²) in [6.07, 6.45) is 3.08. The summed E-state index contributed by atoms with van der Waals surface area (Å²) in [5.41, 5.74) is 7.61. The maximum Gasteiger partial charge on any atom is 0.213 e. The number of hydrogen-bond acceptors (Lipinski definition) is 4. The smallest absolute Gasteiger partial charge is 0.213 e. The summed E-state index contributed by atoms with van der Waals surface area (Å²) >= 11 is 0. The van der Waals surface area contributed by atoms with E-state index in [4.69, 9.17) is 14.5 Å². The van der Waals surface area contributed by atoms with Gasteiger partial charge in [-0.05, 0) is 57.4 Å². The van der Waals surface area contributed by atoms with Crippen LogP contribution in [0.5, 0.6) is 5.88 Å². The van der Waals surface area contributed by atoms with Crippen LogP contribution in [-0.4, -0.2) is 34.9 Å². The van der Waals surface area contributed by atoms with Gasteiger partial charge >= 0.3 is 0 Å². The van der Waals surface area contributed by atoms with Crippen LogP contribution in [0.3, 0.4) is 0 Å². The molecular formula is C22H29N3O2.